The molecule has 2 aromatic carbocycles. The zero-order chi connectivity index (χ0) is 24.4. The van der Waals surface area contributed by atoms with Gasteiger partial charge in [0.25, 0.3) is 5.56 Å². The quantitative estimate of drug-likeness (QED) is 0.384. The predicted octanol–water partition coefficient (Wildman–Crippen LogP) is 3.92. The van der Waals surface area contributed by atoms with Crippen molar-refractivity contribution in [3.8, 4) is 5.75 Å². The highest BCUT2D eigenvalue weighted by molar-refractivity contribution is 7.98. The van der Waals surface area contributed by atoms with Gasteiger partial charge in [0.05, 0.1) is 35.1 Å². The number of ether oxygens (including phenoxy) is 2. The molecule has 1 atom stereocenters. The number of rotatable bonds is 6. The van der Waals surface area contributed by atoms with Crippen LogP contribution in [0, 0.1) is 0 Å². The number of hydrogen-bond acceptors (Lipinski definition) is 7. The maximum atomic E-state index is 13.6. The van der Waals surface area contributed by atoms with Crippen LogP contribution >= 0.6 is 23.1 Å². The Morgan fingerprint density at radius 2 is 1.94 bits per heavy atom. The van der Waals surface area contributed by atoms with Gasteiger partial charge in [-0.05, 0) is 68.5 Å². The number of carbonyl (C=O) groups is 1. The van der Waals surface area contributed by atoms with Crippen molar-refractivity contribution in [2.24, 2.45) is 4.99 Å². The maximum absolute atomic E-state index is 13.6. The molecule has 0 bridgehead atoms. The lowest BCUT2D eigenvalue weighted by Gasteiger charge is -2.25. The number of thioether (sulfide) groups is 1. The SMILES string of the molecule is COc1cccc(/C=c2/sc3n(c2=O)[C@@H](c2ccc(SC)cc2)C(C(=O)OC(C)C)=C(C)N=3)c1. The van der Waals surface area contributed by atoms with E-state index in [-0.39, 0.29) is 11.7 Å². The molecule has 6 nitrogen and oxygen atoms in total. The lowest BCUT2D eigenvalue weighted by Crippen LogP contribution is -2.40. The minimum Gasteiger partial charge on any atom is -0.497 e. The highest BCUT2D eigenvalue weighted by Gasteiger charge is 2.33. The van der Waals surface area contributed by atoms with Crippen molar-refractivity contribution in [2.75, 3.05) is 13.4 Å². The van der Waals surface area contributed by atoms with E-state index in [1.165, 1.54) is 11.3 Å². The number of carbonyl (C=O) groups excluding carboxylic acids is 1. The van der Waals surface area contributed by atoms with Crippen LogP contribution < -0.4 is 19.6 Å². The van der Waals surface area contributed by atoms with Gasteiger partial charge in [-0.25, -0.2) is 9.79 Å². The summed E-state index contributed by atoms with van der Waals surface area (Å²) < 4.78 is 13.0. The van der Waals surface area contributed by atoms with Crippen LogP contribution in [0.25, 0.3) is 6.08 Å². The van der Waals surface area contributed by atoms with Crippen molar-refractivity contribution < 1.29 is 14.3 Å². The van der Waals surface area contributed by atoms with E-state index in [9.17, 15) is 9.59 Å². The molecule has 0 aliphatic carbocycles. The lowest BCUT2D eigenvalue weighted by molar-refractivity contribution is -0.143. The van der Waals surface area contributed by atoms with Crippen LogP contribution in [0.4, 0.5) is 0 Å². The highest BCUT2D eigenvalue weighted by atomic mass is 32.2. The van der Waals surface area contributed by atoms with Crippen LogP contribution in [0.5, 0.6) is 5.75 Å². The van der Waals surface area contributed by atoms with Gasteiger partial charge in [0, 0.05) is 4.90 Å². The van der Waals surface area contributed by atoms with Gasteiger partial charge in [0.1, 0.15) is 5.75 Å². The molecule has 1 aliphatic rings. The van der Waals surface area contributed by atoms with Crippen LogP contribution in [-0.4, -0.2) is 30.0 Å². The van der Waals surface area contributed by atoms with E-state index in [1.807, 2.05) is 60.9 Å². The summed E-state index contributed by atoms with van der Waals surface area (Å²) in [5, 5.41) is 0. The number of thiazole rings is 1. The fourth-order valence-corrected chi connectivity index (χ4v) is 5.30. The molecular formula is C26H26N2O4S2. The van der Waals surface area contributed by atoms with Gasteiger partial charge < -0.3 is 9.47 Å². The third-order valence-electron chi connectivity index (χ3n) is 5.41. The van der Waals surface area contributed by atoms with Crippen molar-refractivity contribution in [1.82, 2.24) is 4.57 Å². The van der Waals surface area contributed by atoms with Gasteiger partial charge in [-0.3, -0.25) is 9.36 Å². The van der Waals surface area contributed by atoms with Gasteiger partial charge in [-0.1, -0.05) is 35.6 Å². The second-order valence-electron chi connectivity index (χ2n) is 8.09. The van der Waals surface area contributed by atoms with Crippen LogP contribution in [-0.2, 0) is 9.53 Å². The topological polar surface area (TPSA) is 69.9 Å². The second-order valence-corrected chi connectivity index (χ2v) is 9.97. The summed E-state index contributed by atoms with van der Waals surface area (Å²) in [4.78, 5) is 33.1. The van der Waals surface area contributed by atoms with Crippen molar-refractivity contribution in [2.45, 2.75) is 37.8 Å². The smallest absolute Gasteiger partial charge is 0.338 e. The van der Waals surface area contributed by atoms with Crippen molar-refractivity contribution in [3.63, 3.8) is 0 Å². The fraction of sp³-hybridized carbons (Fsp3) is 0.269. The number of esters is 1. The molecule has 1 aromatic heterocycles. The number of nitrogens with zero attached hydrogens (tertiary/aromatic N) is 2. The number of allylic oxidation sites excluding steroid dienone is 1. The molecule has 8 heteroatoms. The summed E-state index contributed by atoms with van der Waals surface area (Å²) >= 11 is 2.94. The summed E-state index contributed by atoms with van der Waals surface area (Å²) in [7, 11) is 1.61. The Bertz CT molecular complexity index is 1430. The molecule has 4 rings (SSSR count). The zero-order valence-electron chi connectivity index (χ0n) is 19.7. The minimum absolute atomic E-state index is 0.201. The minimum atomic E-state index is -0.620. The Labute approximate surface area is 206 Å². The van der Waals surface area contributed by atoms with E-state index in [4.69, 9.17) is 9.47 Å². The van der Waals surface area contributed by atoms with Crippen LogP contribution in [0.3, 0.4) is 0 Å². The third-order valence-corrected chi connectivity index (χ3v) is 7.13. The Hall–Kier alpha value is -3.10. The average molecular weight is 495 g/mol. The van der Waals surface area contributed by atoms with Gasteiger partial charge in [-0.15, -0.1) is 11.8 Å². The standard InChI is InChI=1S/C26H26N2O4S2/c1-15(2)32-25(30)22-16(3)27-26-28(23(22)18-9-11-20(33-5)12-10-18)24(29)21(34-26)14-17-7-6-8-19(13-17)31-4/h6-15,23H,1-5H3/b21-14+/t23-/m0/s1. The van der Waals surface area contributed by atoms with Gasteiger partial charge in [0.2, 0.25) is 0 Å². The summed E-state index contributed by atoms with van der Waals surface area (Å²) in [6.45, 7) is 5.40. The van der Waals surface area contributed by atoms with E-state index in [1.54, 1.807) is 44.2 Å². The molecule has 0 amide bonds. The number of hydrogen-bond donors (Lipinski definition) is 0. The van der Waals surface area contributed by atoms with Crippen LogP contribution in [0.1, 0.15) is 37.9 Å². The van der Waals surface area contributed by atoms with E-state index in [0.717, 1.165) is 16.0 Å². The molecule has 1 aliphatic heterocycles. The highest BCUT2D eigenvalue weighted by Crippen LogP contribution is 2.32. The van der Waals surface area contributed by atoms with Crippen LogP contribution in [0.15, 0.2) is 74.5 Å². The van der Waals surface area contributed by atoms with Gasteiger partial charge in [-0.2, -0.15) is 0 Å². The van der Waals surface area contributed by atoms with Crippen molar-refractivity contribution >= 4 is 35.1 Å². The van der Waals surface area contributed by atoms with Crippen molar-refractivity contribution in [3.05, 3.63) is 90.6 Å². The molecule has 176 valence electrons. The molecule has 0 saturated heterocycles. The maximum Gasteiger partial charge on any atom is 0.338 e. The van der Waals surface area contributed by atoms with E-state index >= 15 is 0 Å². The van der Waals surface area contributed by atoms with Crippen LogP contribution in [0.2, 0.25) is 0 Å². The average Bonchev–Trinajstić information content (AvgIpc) is 3.12. The normalized spacial score (nSPS) is 15.8. The first-order valence-corrected chi connectivity index (χ1v) is 12.9. The summed E-state index contributed by atoms with van der Waals surface area (Å²) in [5.74, 6) is 0.250. The first-order chi connectivity index (χ1) is 16.3. The number of methoxy groups -OCH3 is 1. The summed E-state index contributed by atoms with van der Waals surface area (Å²) in [6.07, 6.45) is 3.54. The zero-order valence-corrected chi connectivity index (χ0v) is 21.3. The van der Waals surface area contributed by atoms with E-state index in [2.05, 4.69) is 4.99 Å². The van der Waals surface area contributed by atoms with Crippen molar-refractivity contribution in [1.29, 1.82) is 0 Å². The summed E-state index contributed by atoms with van der Waals surface area (Å²) in [6, 6.07) is 14.8. The fourth-order valence-electron chi connectivity index (χ4n) is 3.84. The molecule has 0 N–H and O–H groups in total. The van der Waals surface area contributed by atoms with E-state index in [0.29, 0.717) is 26.4 Å². The largest absolute Gasteiger partial charge is 0.497 e. The number of fused-ring (bicyclic) bond motifs is 1. The number of aromatic nitrogens is 1. The Morgan fingerprint density at radius 3 is 2.59 bits per heavy atom. The molecule has 34 heavy (non-hydrogen) atoms. The van der Waals surface area contributed by atoms with Gasteiger partial charge in [0.15, 0.2) is 4.80 Å². The lowest BCUT2D eigenvalue weighted by atomic mass is 9.96. The monoisotopic (exact) mass is 494 g/mol. The number of benzene rings is 2. The molecule has 0 fully saturated rings. The first-order valence-electron chi connectivity index (χ1n) is 10.8. The molecule has 0 radical (unpaired) electrons. The second kappa shape index (κ2) is 10.0. The predicted molar refractivity (Wildman–Crippen MR) is 136 cm³/mol. The molecule has 2 heterocycles. The van der Waals surface area contributed by atoms with Gasteiger partial charge >= 0.3 is 5.97 Å². The Morgan fingerprint density at radius 1 is 1.21 bits per heavy atom. The molecule has 0 spiro atoms. The Balaban J connectivity index is 1.92. The third kappa shape index (κ3) is 4.74. The molecular weight excluding hydrogens is 468 g/mol. The molecule has 0 saturated carbocycles. The molecule has 3 aromatic rings. The van der Waals surface area contributed by atoms with E-state index < -0.39 is 12.0 Å². The summed E-state index contributed by atoms with van der Waals surface area (Å²) in [5.41, 5.74) is 2.41. The Kier molecular flexibility index (Phi) is 7.09. The molecule has 0 unspecified atom stereocenters. The first kappa shape index (κ1) is 24.0.